The Hall–Kier alpha value is -1.79. The fraction of sp³-hybridized carbons (Fsp3) is 0.632. The van der Waals surface area contributed by atoms with E-state index >= 15 is 0 Å². The highest BCUT2D eigenvalue weighted by atomic mass is 16.5. The third-order valence-corrected chi connectivity index (χ3v) is 4.37. The van der Waals surface area contributed by atoms with Gasteiger partial charge in [-0.15, -0.1) is 0 Å². The molecule has 140 valence electrons. The van der Waals surface area contributed by atoms with Crippen LogP contribution in [0.4, 0.5) is 0 Å². The Morgan fingerprint density at radius 2 is 2.12 bits per heavy atom. The second-order valence-corrected chi connectivity index (χ2v) is 6.25. The van der Waals surface area contributed by atoms with Crippen LogP contribution in [0.5, 0.6) is 5.75 Å². The molecule has 0 radical (unpaired) electrons. The van der Waals surface area contributed by atoms with E-state index in [1.54, 1.807) is 7.11 Å². The molecule has 1 atom stereocenters. The zero-order valence-electron chi connectivity index (χ0n) is 15.8. The van der Waals surface area contributed by atoms with Crippen LogP contribution in [0.3, 0.4) is 0 Å². The average Bonchev–Trinajstić information content (AvgIpc) is 2.66. The summed E-state index contributed by atoms with van der Waals surface area (Å²) in [6.07, 6.45) is 0.931. The second kappa shape index (κ2) is 10.9. The molecule has 0 amide bonds. The summed E-state index contributed by atoms with van der Waals surface area (Å²) in [4.78, 5) is 7.18. The fourth-order valence-corrected chi connectivity index (χ4v) is 2.85. The molecule has 25 heavy (non-hydrogen) atoms. The Morgan fingerprint density at radius 3 is 2.84 bits per heavy atom. The molecule has 1 aliphatic heterocycles. The maximum absolute atomic E-state index is 5.41. The van der Waals surface area contributed by atoms with E-state index in [2.05, 4.69) is 41.5 Å². The molecule has 0 aliphatic carbocycles. The molecule has 1 aliphatic rings. The van der Waals surface area contributed by atoms with Crippen molar-refractivity contribution in [3.63, 3.8) is 0 Å². The standard InChI is InChI=1S/C19H32N4O2/c1-4-20-19(22-15-16(2)23-10-12-25-13-11-23)21-9-8-17-6-5-7-18(14-17)24-3/h5-7,14,16H,4,8-13,15H2,1-3H3,(H2,20,21,22). The number of benzene rings is 1. The first kappa shape index (κ1) is 19.5. The number of nitrogens with one attached hydrogen (secondary N) is 2. The number of hydrogen-bond donors (Lipinski definition) is 2. The molecular formula is C19H32N4O2. The molecule has 1 fully saturated rings. The molecule has 6 nitrogen and oxygen atoms in total. The number of hydrogen-bond acceptors (Lipinski definition) is 4. The number of ether oxygens (including phenoxy) is 2. The molecule has 2 rings (SSSR count). The minimum atomic E-state index is 0.428. The maximum Gasteiger partial charge on any atom is 0.191 e. The summed E-state index contributed by atoms with van der Waals surface area (Å²) >= 11 is 0. The van der Waals surface area contributed by atoms with Gasteiger partial charge in [0.15, 0.2) is 5.96 Å². The first-order valence-corrected chi connectivity index (χ1v) is 9.19. The van der Waals surface area contributed by atoms with Gasteiger partial charge in [0, 0.05) is 32.2 Å². The molecule has 1 unspecified atom stereocenters. The monoisotopic (exact) mass is 348 g/mol. The summed E-state index contributed by atoms with van der Waals surface area (Å²) in [5.41, 5.74) is 1.25. The molecule has 0 aromatic heterocycles. The lowest BCUT2D eigenvalue weighted by molar-refractivity contribution is 0.0220. The highest BCUT2D eigenvalue weighted by Crippen LogP contribution is 2.12. The van der Waals surface area contributed by atoms with Crippen molar-refractivity contribution in [1.29, 1.82) is 0 Å². The van der Waals surface area contributed by atoms with Crippen molar-refractivity contribution < 1.29 is 9.47 Å². The van der Waals surface area contributed by atoms with Gasteiger partial charge in [0.2, 0.25) is 0 Å². The molecule has 1 saturated heterocycles. The number of rotatable bonds is 8. The van der Waals surface area contributed by atoms with Gasteiger partial charge in [-0.3, -0.25) is 9.89 Å². The third kappa shape index (κ3) is 6.92. The predicted octanol–water partition coefficient (Wildman–Crippen LogP) is 1.51. The van der Waals surface area contributed by atoms with Crippen LogP contribution in [0.15, 0.2) is 29.3 Å². The Balaban J connectivity index is 1.80. The Bertz CT molecular complexity index is 530. The summed E-state index contributed by atoms with van der Waals surface area (Å²) in [6.45, 7) is 10.4. The Labute approximate surface area is 151 Å². The lowest BCUT2D eigenvalue weighted by Gasteiger charge is -2.31. The van der Waals surface area contributed by atoms with Crippen LogP contribution in [-0.2, 0) is 11.2 Å². The van der Waals surface area contributed by atoms with Crippen molar-refractivity contribution in [2.75, 3.05) is 53.0 Å². The molecule has 0 bridgehead atoms. The van der Waals surface area contributed by atoms with Crippen molar-refractivity contribution in [2.45, 2.75) is 26.3 Å². The second-order valence-electron chi connectivity index (χ2n) is 6.25. The average molecular weight is 348 g/mol. The lowest BCUT2D eigenvalue weighted by atomic mass is 10.1. The first-order chi connectivity index (χ1) is 12.2. The van der Waals surface area contributed by atoms with Crippen LogP contribution in [0, 0.1) is 0 Å². The summed E-state index contributed by atoms with van der Waals surface area (Å²) < 4.78 is 10.7. The van der Waals surface area contributed by atoms with Crippen molar-refractivity contribution in [3.05, 3.63) is 29.8 Å². The normalized spacial score (nSPS) is 17.2. The van der Waals surface area contributed by atoms with E-state index < -0.39 is 0 Å². The highest BCUT2D eigenvalue weighted by Gasteiger charge is 2.16. The maximum atomic E-state index is 5.41. The summed E-state index contributed by atoms with van der Waals surface area (Å²) in [5.74, 6) is 1.78. The van der Waals surface area contributed by atoms with Crippen LogP contribution >= 0.6 is 0 Å². The van der Waals surface area contributed by atoms with Gasteiger partial charge >= 0.3 is 0 Å². The van der Waals surface area contributed by atoms with Crippen molar-refractivity contribution in [1.82, 2.24) is 15.5 Å². The summed E-state index contributed by atoms with van der Waals surface area (Å²) in [5, 5.41) is 6.74. The quantitative estimate of drug-likeness (QED) is 0.551. The topological polar surface area (TPSA) is 58.1 Å². The molecule has 0 spiro atoms. The number of methoxy groups -OCH3 is 1. The van der Waals surface area contributed by atoms with Crippen LogP contribution in [0.1, 0.15) is 19.4 Å². The van der Waals surface area contributed by atoms with E-state index in [4.69, 9.17) is 14.5 Å². The Morgan fingerprint density at radius 1 is 1.32 bits per heavy atom. The smallest absolute Gasteiger partial charge is 0.191 e. The van der Waals surface area contributed by atoms with Gasteiger partial charge in [0.1, 0.15) is 5.75 Å². The summed E-state index contributed by atoms with van der Waals surface area (Å²) in [7, 11) is 1.70. The number of nitrogens with zero attached hydrogens (tertiary/aromatic N) is 2. The highest BCUT2D eigenvalue weighted by molar-refractivity contribution is 5.79. The molecule has 1 aromatic carbocycles. The molecule has 1 heterocycles. The van der Waals surface area contributed by atoms with Gasteiger partial charge in [-0.1, -0.05) is 12.1 Å². The van der Waals surface area contributed by atoms with E-state index in [9.17, 15) is 0 Å². The van der Waals surface area contributed by atoms with E-state index in [-0.39, 0.29) is 0 Å². The Kier molecular flexibility index (Phi) is 8.55. The van der Waals surface area contributed by atoms with E-state index in [0.717, 1.165) is 64.1 Å². The molecule has 2 N–H and O–H groups in total. The lowest BCUT2D eigenvalue weighted by Crippen LogP contribution is -2.44. The molecule has 1 aromatic rings. The van der Waals surface area contributed by atoms with Crippen LogP contribution < -0.4 is 15.4 Å². The third-order valence-electron chi connectivity index (χ3n) is 4.37. The van der Waals surface area contributed by atoms with Gasteiger partial charge in [0.25, 0.3) is 0 Å². The first-order valence-electron chi connectivity index (χ1n) is 9.19. The van der Waals surface area contributed by atoms with Crippen LogP contribution in [-0.4, -0.2) is 69.9 Å². The minimum Gasteiger partial charge on any atom is -0.497 e. The minimum absolute atomic E-state index is 0.428. The largest absolute Gasteiger partial charge is 0.497 e. The SMILES string of the molecule is CCNC(=NCC(C)N1CCOCC1)NCCc1cccc(OC)c1. The molecule has 6 heteroatoms. The summed E-state index contributed by atoms with van der Waals surface area (Å²) in [6, 6.07) is 8.62. The van der Waals surface area contributed by atoms with E-state index in [0.29, 0.717) is 6.04 Å². The zero-order chi connectivity index (χ0) is 17.9. The van der Waals surface area contributed by atoms with E-state index in [1.807, 2.05) is 12.1 Å². The van der Waals surface area contributed by atoms with Crippen molar-refractivity contribution in [3.8, 4) is 5.75 Å². The van der Waals surface area contributed by atoms with Gasteiger partial charge in [0.05, 0.1) is 26.9 Å². The van der Waals surface area contributed by atoms with Gasteiger partial charge in [-0.05, 0) is 38.0 Å². The number of morpholine rings is 1. The van der Waals surface area contributed by atoms with Crippen molar-refractivity contribution >= 4 is 5.96 Å². The van der Waals surface area contributed by atoms with Crippen LogP contribution in [0.25, 0.3) is 0 Å². The number of aliphatic imine (C=N–C) groups is 1. The van der Waals surface area contributed by atoms with Gasteiger partial charge < -0.3 is 20.1 Å². The van der Waals surface area contributed by atoms with Crippen molar-refractivity contribution in [2.24, 2.45) is 4.99 Å². The van der Waals surface area contributed by atoms with Gasteiger partial charge in [-0.2, -0.15) is 0 Å². The zero-order valence-corrected chi connectivity index (χ0v) is 15.8. The molecular weight excluding hydrogens is 316 g/mol. The van der Waals surface area contributed by atoms with E-state index in [1.165, 1.54) is 5.56 Å². The van der Waals surface area contributed by atoms with Gasteiger partial charge in [-0.25, -0.2) is 0 Å². The predicted molar refractivity (Wildman–Crippen MR) is 103 cm³/mol. The van der Waals surface area contributed by atoms with Crippen LogP contribution in [0.2, 0.25) is 0 Å². The number of guanidine groups is 1. The molecule has 0 saturated carbocycles. The fourth-order valence-electron chi connectivity index (χ4n) is 2.85.